The van der Waals surface area contributed by atoms with E-state index in [-0.39, 0.29) is 12.4 Å². The van der Waals surface area contributed by atoms with Gasteiger partial charge in [-0.25, -0.2) is 4.79 Å². The number of hydrogen-bond donors (Lipinski definition) is 1. The van der Waals surface area contributed by atoms with Crippen LogP contribution in [-0.4, -0.2) is 18.4 Å². The number of esters is 1. The Balaban J connectivity index is 1.57. The van der Waals surface area contributed by atoms with E-state index in [1.165, 1.54) is 0 Å². The van der Waals surface area contributed by atoms with Crippen LogP contribution in [0.15, 0.2) is 86.5 Å². The van der Waals surface area contributed by atoms with Gasteiger partial charge in [0.2, 0.25) is 0 Å². The first-order valence-electron chi connectivity index (χ1n) is 11.7. The first-order valence-corrected chi connectivity index (χ1v) is 13.7. The average molecular weight is 644 g/mol. The van der Waals surface area contributed by atoms with E-state index < -0.39 is 11.9 Å². The fourth-order valence-corrected chi connectivity index (χ4v) is 6.34. The zero-order valence-corrected chi connectivity index (χ0v) is 24.0. The number of nitrogens with one attached hydrogen (secondary N) is 1. The molecule has 3 aromatic rings. The number of ketones is 1. The van der Waals surface area contributed by atoms with Crippen molar-refractivity contribution >= 4 is 60.9 Å². The molecule has 2 aliphatic rings. The molecule has 1 aliphatic carbocycles. The van der Waals surface area contributed by atoms with E-state index in [4.69, 9.17) is 21.1 Å². The summed E-state index contributed by atoms with van der Waals surface area (Å²) in [5.41, 5.74) is 5.50. The predicted molar refractivity (Wildman–Crippen MR) is 151 cm³/mol. The van der Waals surface area contributed by atoms with Crippen LogP contribution in [0.1, 0.15) is 46.8 Å². The third kappa shape index (κ3) is 4.76. The Morgan fingerprint density at radius 3 is 2.32 bits per heavy atom. The van der Waals surface area contributed by atoms with Gasteiger partial charge in [-0.15, -0.1) is 0 Å². The number of Topliss-reactive ketones (excluding diaryl/α,β-unsaturated/α-hetero) is 1. The number of dihydropyridines is 1. The van der Waals surface area contributed by atoms with Crippen LogP contribution < -0.4 is 10.1 Å². The quantitative estimate of drug-likeness (QED) is 0.281. The van der Waals surface area contributed by atoms with E-state index in [1.807, 2.05) is 67.6 Å². The molecule has 1 N–H and O–H groups in total. The van der Waals surface area contributed by atoms with Gasteiger partial charge in [-0.1, -0.05) is 48.0 Å². The molecule has 1 aliphatic heterocycles. The van der Waals surface area contributed by atoms with Crippen molar-refractivity contribution in [3.8, 4) is 5.75 Å². The summed E-state index contributed by atoms with van der Waals surface area (Å²) in [7, 11) is 0. The van der Waals surface area contributed by atoms with Crippen molar-refractivity contribution in [3.05, 3.63) is 114 Å². The summed E-state index contributed by atoms with van der Waals surface area (Å²) < 4.78 is 12.9. The van der Waals surface area contributed by atoms with Crippen molar-refractivity contribution in [2.45, 2.75) is 26.4 Å². The van der Waals surface area contributed by atoms with Crippen molar-refractivity contribution in [3.63, 3.8) is 0 Å². The van der Waals surface area contributed by atoms with Gasteiger partial charge >= 0.3 is 5.97 Å². The SMILES string of the molecule is CCOC(=O)C1=C(C)NC2=C(C(=O)c3ccccc32)[C@@H]1c1cc(Br)c(OCc2ccc(Cl)cc2)c(Br)c1. The van der Waals surface area contributed by atoms with Crippen LogP contribution in [0, 0.1) is 0 Å². The number of rotatable bonds is 6. The second-order valence-electron chi connectivity index (χ2n) is 8.71. The Hall–Kier alpha value is -2.87. The molecule has 8 heteroatoms. The molecule has 37 heavy (non-hydrogen) atoms. The summed E-state index contributed by atoms with van der Waals surface area (Å²) in [6.45, 7) is 4.17. The second-order valence-corrected chi connectivity index (χ2v) is 10.9. The molecule has 0 unspecified atom stereocenters. The molecule has 0 fully saturated rings. The third-order valence-corrected chi connectivity index (χ3v) is 7.82. The standard InChI is InChI=1S/C29H22Br2ClNO4/c1-3-36-29(35)23-15(2)33-26-19-6-4-5-7-20(19)27(34)25(26)24(23)17-12-21(30)28(22(31)13-17)37-14-16-8-10-18(32)11-9-16/h4-13,24,33H,3,14H2,1-2H3/t24-/m1/s1. The number of hydrogen-bond acceptors (Lipinski definition) is 5. The minimum atomic E-state index is -0.617. The Kier molecular flexibility index (Phi) is 7.30. The zero-order valence-electron chi connectivity index (χ0n) is 20.0. The van der Waals surface area contributed by atoms with E-state index in [0.717, 1.165) is 22.4 Å². The monoisotopic (exact) mass is 641 g/mol. The highest BCUT2D eigenvalue weighted by molar-refractivity contribution is 9.11. The number of carbonyl (C=O) groups is 2. The van der Waals surface area contributed by atoms with Crippen molar-refractivity contribution < 1.29 is 19.1 Å². The fraction of sp³-hybridized carbons (Fsp3) is 0.172. The van der Waals surface area contributed by atoms with Gasteiger partial charge in [-0.3, -0.25) is 4.79 Å². The van der Waals surface area contributed by atoms with Crippen molar-refractivity contribution in [2.24, 2.45) is 0 Å². The number of ether oxygens (including phenoxy) is 2. The Labute approximate surface area is 236 Å². The van der Waals surface area contributed by atoms with E-state index in [9.17, 15) is 9.59 Å². The molecular weight excluding hydrogens is 622 g/mol. The molecule has 1 atom stereocenters. The zero-order chi connectivity index (χ0) is 26.3. The second kappa shape index (κ2) is 10.5. The molecule has 0 bridgehead atoms. The Morgan fingerprint density at radius 2 is 1.68 bits per heavy atom. The Bertz CT molecular complexity index is 1470. The van der Waals surface area contributed by atoms with Gasteiger partial charge in [-0.05, 0) is 81.1 Å². The maximum Gasteiger partial charge on any atom is 0.336 e. The van der Waals surface area contributed by atoms with Gasteiger partial charge in [0, 0.05) is 33.3 Å². The first-order chi connectivity index (χ1) is 17.8. The smallest absolute Gasteiger partial charge is 0.336 e. The van der Waals surface area contributed by atoms with Gasteiger partial charge in [0.15, 0.2) is 5.78 Å². The summed E-state index contributed by atoms with van der Waals surface area (Å²) >= 11 is 13.3. The normalized spacial score (nSPS) is 16.4. The highest BCUT2D eigenvalue weighted by atomic mass is 79.9. The van der Waals surface area contributed by atoms with Gasteiger partial charge in [0.05, 0.1) is 26.8 Å². The minimum Gasteiger partial charge on any atom is -0.487 e. The molecule has 5 nitrogen and oxygen atoms in total. The third-order valence-electron chi connectivity index (χ3n) is 6.39. The molecule has 0 amide bonds. The maximum absolute atomic E-state index is 13.6. The van der Waals surface area contributed by atoms with Gasteiger partial charge in [0.25, 0.3) is 0 Å². The average Bonchev–Trinajstić information content (AvgIpc) is 3.15. The summed E-state index contributed by atoms with van der Waals surface area (Å²) in [6.07, 6.45) is 0. The van der Waals surface area contributed by atoms with Crippen LogP contribution in [-0.2, 0) is 16.1 Å². The van der Waals surface area contributed by atoms with Gasteiger partial charge < -0.3 is 14.8 Å². The van der Waals surface area contributed by atoms with Crippen LogP contribution >= 0.6 is 43.5 Å². The minimum absolute atomic E-state index is 0.104. The van der Waals surface area contributed by atoms with Crippen LogP contribution in [0.2, 0.25) is 5.02 Å². The molecule has 188 valence electrons. The molecule has 1 heterocycles. The highest BCUT2D eigenvalue weighted by Crippen LogP contribution is 2.48. The summed E-state index contributed by atoms with van der Waals surface area (Å²) in [6, 6.07) is 18.7. The highest BCUT2D eigenvalue weighted by Gasteiger charge is 2.43. The Morgan fingerprint density at radius 1 is 1.03 bits per heavy atom. The molecule has 0 aromatic heterocycles. The van der Waals surface area contributed by atoms with E-state index >= 15 is 0 Å². The number of fused-ring (bicyclic) bond motifs is 2. The molecule has 0 saturated heterocycles. The van der Waals surface area contributed by atoms with Crippen LogP contribution in [0.5, 0.6) is 5.75 Å². The largest absolute Gasteiger partial charge is 0.487 e. The topological polar surface area (TPSA) is 64.6 Å². The van der Waals surface area contributed by atoms with Crippen molar-refractivity contribution in [1.29, 1.82) is 0 Å². The summed E-state index contributed by atoms with van der Waals surface area (Å²) in [5.74, 6) is -0.565. The van der Waals surface area contributed by atoms with E-state index in [2.05, 4.69) is 37.2 Å². The summed E-state index contributed by atoms with van der Waals surface area (Å²) in [4.78, 5) is 26.8. The lowest BCUT2D eigenvalue weighted by atomic mass is 9.80. The molecule has 0 spiro atoms. The van der Waals surface area contributed by atoms with Gasteiger partial charge in [0.1, 0.15) is 12.4 Å². The fourth-order valence-electron chi connectivity index (χ4n) is 4.76. The number of allylic oxidation sites excluding steroid dienone is 2. The molecule has 0 radical (unpaired) electrons. The first kappa shape index (κ1) is 25.8. The van der Waals surface area contributed by atoms with Gasteiger partial charge in [-0.2, -0.15) is 0 Å². The molecule has 5 rings (SSSR count). The number of halogens is 3. The number of benzene rings is 3. The predicted octanol–water partition coefficient (Wildman–Crippen LogP) is 7.58. The lowest BCUT2D eigenvalue weighted by Gasteiger charge is -2.29. The lowest BCUT2D eigenvalue weighted by Crippen LogP contribution is -2.29. The molecular formula is C29H22Br2ClNO4. The number of carbonyl (C=O) groups excluding carboxylic acids is 2. The van der Waals surface area contributed by atoms with E-state index in [0.29, 0.717) is 48.7 Å². The van der Waals surface area contributed by atoms with Crippen LogP contribution in [0.4, 0.5) is 0 Å². The van der Waals surface area contributed by atoms with Crippen molar-refractivity contribution in [2.75, 3.05) is 6.61 Å². The maximum atomic E-state index is 13.6. The van der Waals surface area contributed by atoms with E-state index in [1.54, 1.807) is 6.92 Å². The molecule has 0 saturated carbocycles. The lowest BCUT2D eigenvalue weighted by molar-refractivity contribution is -0.138. The van der Waals surface area contributed by atoms with Crippen LogP contribution in [0.3, 0.4) is 0 Å². The molecule has 3 aromatic carbocycles. The van der Waals surface area contributed by atoms with Crippen molar-refractivity contribution in [1.82, 2.24) is 5.32 Å². The van der Waals surface area contributed by atoms with Crippen LogP contribution in [0.25, 0.3) is 5.70 Å². The summed E-state index contributed by atoms with van der Waals surface area (Å²) in [5, 5.41) is 3.98.